The molecule has 0 radical (unpaired) electrons. The average Bonchev–Trinajstić information content (AvgIpc) is 3.48. The standard InChI is InChI=1S/C29H34N2O5/c1-29(2,3)21-9-6-19(7-10-21)25-24(26(32)20-8-11-22-23(18-20)36-17-16-35-22)27(33)28(34)31(25)15-14-30-12-4-5-13-30/h6-11,18,25,32H,4-5,12-17H2,1-3H3/b26-24+. The number of nitrogens with zero attached hydrogens (tertiary/aromatic N) is 2. The molecule has 0 spiro atoms. The minimum Gasteiger partial charge on any atom is -0.507 e. The molecule has 7 nitrogen and oxygen atoms in total. The first-order valence-corrected chi connectivity index (χ1v) is 12.8. The molecule has 0 aliphatic carbocycles. The Bertz CT molecular complexity index is 1190. The predicted octanol–water partition coefficient (Wildman–Crippen LogP) is 4.27. The number of ether oxygens (including phenoxy) is 2. The van der Waals surface area contributed by atoms with Crippen molar-refractivity contribution in [3.63, 3.8) is 0 Å². The third kappa shape index (κ3) is 4.60. The van der Waals surface area contributed by atoms with E-state index in [1.807, 2.05) is 24.3 Å². The fourth-order valence-corrected chi connectivity index (χ4v) is 5.22. The molecule has 2 aromatic carbocycles. The molecule has 1 unspecified atom stereocenters. The topological polar surface area (TPSA) is 79.3 Å². The van der Waals surface area contributed by atoms with Crippen LogP contribution in [0.25, 0.3) is 5.76 Å². The molecule has 2 saturated heterocycles. The SMILES string of the molecule is CC(C)(C)c1ccc(C2/C(=C(\O)c3ccc4c(c3)OCCO4)C(=O)C(=O)N2CCN2CCCC2)cc1. The van der Waals surface area contributed by atoms with Gasteiger partial charge in [-0.15, -0.1) is 0 Å². The Morgan fingerprint density at radius 3 is 2.28 bits per heavy atom. The summed E-state index contributed by atoms with van der Waals surface area (Å²) in [6, 6.07) is 12.4. The van der Waals surface area contributed by atoms with Crippen molar-refractivity contribution in [1.29, 1.82) is 0 Å². The van der Waals surface area contributed by atoms with Crippen molar-refractivity contribution in [3.05, 3.63) is 64.7 Å². The molecule has 0 bridgehead atoms. The minimum absolute atomic E-state index is 0.0265. The molecule has 0 saturated carbocycles. The summed E-state index contributed by atoms with van der Waals surface area (Å²) in [5.41, 5.74) is 2.48. The maximum atomic E-state index is 13.3. The normalized spacial score (nSPS) is 21.9. The van der Waals surface area contributed by atoms with E-state index in [0.29, 0.717) is 43.4 Å². The number of amides is 1. The number of likely N-dealkylation sites (tertiary alicyclic amines) is 2. The van der Waals surface area contributed by atoms with Crippen LogP contribution < -0.4 is 9.47 Å². The van der Waals surface area contributed by atoms with Gasteiger partial charge in [-0.25, -0.2) is 0 Å². The smallest absolute Gasteiger partial charge is 0.295 e. The zero-order chi connectivity index (χ0) is 25.4. The highest BCUT2D eigenvalue weighted by molar-refractivity contribution is 6.46. The first-order valence-electron chi connectivity index (χ1n) is 12.8. The number of carbonyl (C=O) groups excluding carboxylic acids is 2. The molecule has 3 heterocycles. The number of fused-ring (bicyclic) bond motifs is 1. The van der Waals surface area contributed by atoms with Gasteiger partial charge < -0.3 is 24.4 Å². The van der Waals surface area contributed by atoms with Gasteiger partial charge in [-0.3, -0.25) is 9.59 Å². The van der Waals surface area contributed by atoms with Crippen LogP contribution in [0.1, 0.15) is 56.3 Å². The van der Waals surface area contributed by atoms with E-state index >= 15 is 0 Å². The number of carbonyl (C=O) groups is 2. The van der Waals surface area contributed by atoms with Gasteiger partial charge in [-0.1, -0.05) is 45.0 Å². The van der Waals surface area contributed by atoms with Crippen molar-refractivity contribution in [2.45, 2.75) is 45.1 Å². The molecule has 1 atom stereocenters. The van der Waals surface area contributed by atoms with Gasteiger partial charge in [0.2, 0.25) is 0 Å². The maximum Gasteiger partial charge on any atom is 0.295 e. The summed E-state index contributed by atoms with van der Waals surface area (Å²) < 4.78 is 11.3. The van der Waals surface area contributed by atoms with E-state index in [1.54, 1.807) is 23.1 Å². The van der Waals surface area contributed by atoms with Gasteiger partial charge in [0.1, 0.15) is 19.0 Å². The lowest BCUT2D eigenvalue weighted by Crippen LogP contribution is -2.37. The Morgan fingerprint density at radius 1 is 0.944 bits per heavy atom. The van der Waals surface area contributed by atoms with Gasteiger partial charge in [0.05, 0.1) is 11.6 Å². The molecule has 1 N–H and O–H groups in total. The number of ketones is 1. The maximum absolute atomic E-state index is 13.3. The second kappa shape index (κ2) is 9.62. The molecule has 190 valence electrons. The van der Waals surface area contributed by atoms with E-state index in [-0.39, 0.29) is 16.7 Å². The van der Waals surface area contributed by atoms with Crippen LogP contribution >= 0.6 is 0 Å². The van der Waals surface area contributed by atoms with Crippen molar-refractivity contribution < 1.29 is 24.2 Å². The Hall–Kier alpha value is -3.32. The predicted molar refractivity (Wildman–Crippen MR) is 137 cm³/mol. The highest BCUT2D eigenvalue weighted by atomic mass is 16.6. The summed E-state index contributed by atoms with van der Waals surface area (Å²) >= 11 is 0. The van der Waals surface area contributed by atoms with E-state index < -0.39 is 17.7 Å². The Kier molecular flexibility index (Phi) is 6.51. The Balaban J connectivity index is 1.56. The number of hydrogen-bond donors (Lipinski definition) is 1. The van der Waals surface area contributed by atoms with E-state index in [2.05, 4.69) is 25.7 Å². The lowest BCUT2D eigenvalue weighted by molar-refractivity contribution is -0.140. The molecular formula is C29H34N2O5. The van der Waals surface area contributed by atoms with Crippen molar-refractivity contribution in [2.24, 2.45) is 0 Å². The summed E-state index contributed by atoms with van der Waals surface area (Å²) in [6.07, 6.45) is 2.31. The first-order chi connectivity index (χ1) is 17.2. The van der Waals surface area contributed by atoms with Gasteiger partial charge in [-0.05, 0) is 60.7 Å². The van der Waals surface area contributed by atoms with Crippen LogP contribution in [0.4, 0.5) is 0 Å². The average molecular weight is 491 g/mol. The third-order valence-corrected chi connectivity index (χ3v) is 7.30. The van der Waals surface area contributed by atoms with Crippen LogP contribution in [-0.2, 0) is 15.0 Å². The number of rotatable bonds is 5. The summed E-state index contributed by atoms with van der Waals surface area (Å²) in [4.78, 5) is 30.6. The fraction of sp³-hybridized carbons (Fsp3) is 0.448. The van der Waals surface area contributed by atoms with Crippen LogP contribution in [-0.4, -0.2) is 66.0 Å². The first kappa shape index (κ1) is 24.4. The number of aliphatic hydroxyl groups is 1. The molecule has 0 aromatic heterocycles. The van der Waals surface area contributed by atoms with Gasteiger partial charge in [0.15, 0.2) is 11.5 Å². The van der Waals surface area contributed by atoms with Gasteiger partial charge in [0, 0.05) is 18.7 Å². The molecule has 2 aromatic rings. The Labute approximate surface area is 212 Å². The lowest BCUT2D eigenvalue weighted by atomic mass is 9.85. The molecular weight excluding hydrogens is 456 g/mol. The third-order valence-electron chi connectivity index (χ3n) is 7.30. The van der Waals surface area contributed by atoms with E-state index in [1.165, 1.54) is 0 Å². The second-order valence-corrected chi connectivity index (χ2v) is 10.8. The molecule has 3 aliphatic rings. The van der Waals surface area contributed by atoms with Crippen LogP contribution in [0, 0.1) is 0 Å². The quantitative estimate of drug-likeness (QED) is 0.383. The molecule has 1 amide bonds. The number of benzene rings is 2. The zero-order valence-corrected chi connectivity index (χ0v) is 21.3. The monoisotopic (exact) mass is 490 g/mol. The van der Waals surface area contributed by atoms with Crippen LogP contribution in [0.5, 0.6) is 11.5 Å². The summed E-state index contributed by atoms with van der Waals surface area (Å²) in [6.45, 7) is 10.5. The van der Waals surface area contributed by atoms with Crippen molar-refractivity contribution in [2.75, 3.05) is 39.4 Å². The summed E-state index contributed by atoms with van der Waals surface area (Å²) in [5, 5.41) is 11.4. The number of Topliss-reactive ketones (excluding diaryl/α,β-unsaturated/α-hetero) is 1. The highest BCUT2D eigenvalue weighted by Crippen LogP contribution is 2.41. The van der Waals surface area contributed by atoms with Crippen molar-refractivity contribution in [1.82, 2.24) is 9.80 Å². The van der Waals surface area contributed by atoms with E-state index in [9.17, 15) is 14.7 Å². The van der Waals surface area contributed by atoms with E-state index in [0.717, 1.165) is 37.1 Å². The van der Waals surface area contributed by atoms with Gasteiger partial charge >= 0.3 is 0 Å². The Morgan fingerprint density at radius 2 is 1.61 bits per heavy atom. The lowest BCUT2D eigenvalue weighted by Gasteiger charge is -2.28. The summed E-state index contributed by atoms with van der Waals surface area (Å²) in [5.74, 6) is -0.316. The summed E-state index contributed by atoms with van der Waals surface area (Å²) in [7, 11) is 0. The molecule has 7 heteroatoms. The van der Waals surface area contributed by atoms with Crippen molar-refractivity contribution in [3.8, 4) is 11.5 Å². The molecule has 36 heavy (non-hydrogen) atoms. The minimum atomic E-state index is -0.659. The molecule has 3 aliphatic heterocycles. The second-order valence-electron chi connectivity index (χ2n) is 10.8. The molecule has 5 rings (SSSR count). The number of aliphatic hydroxyl groups excluding tert-OH is 1. The molecule has 2 fully saturated rings. The van der Waals surface area contributed by atoms with Crippen LogP contribution in [0.15, 0.2) is 48.0 Å². The van der Waals surface area contributed by atoms with Crippen molar-refractivity contribution >= 4 is 17.4 Å². The highest BCUT2D eigenvalue weighted by Gasteiger charge is 2.46. The van der Waals surface area contributed by atoms with E-state index in [4.69, 9.17) is 9.47 Å². The fourth-order valence-electron chi connectivity index (χ4n) is 5.22. The zero-order valence-electron chi connectivity index (χ0n) is 21.3. The van der Waals surface area contributed by atoms with Gasteiger partial charge in [-0.2, -0.15) is 0 Å². The van der Waals surface area contributed by atoms with Crippen LogP contribution in [0.2, 0.25) is 0 Å². The largest absolute Gasteiger partial charge is 0.507 e. The van der Waals surface area contributed by atoms with Gasteiger partial charge in [0.25, 0.3) is 11.7 Å². The number of hydrogen-bond acceptors (Lipinski definition) is 6. The van der Waals surface area contributed by atoms with Crippen LogP contribution in [0.3, 0.4) is 0 Å².